The maximum Gasteiger partial charge on any atom is 0.149 e. The van der Waals surface area contributed by atoms with E-state index in [4.69, 9.17) is 4.74 Å². The standard InChI is InChI=1S/C47H39NO/c1-28-13-11-18-34-35-19-12-20-43(45(35)49-44(28)34)48(31-16-7-6-8-17-31)32-21-22-33-37-26-42-38(27-41(37)47(4,5)40(33)25-32)36-23-29-14-9-10-15-30(29)24-39(36)46(42,2)3/h6-27,43,45H,1-5H3. The molecule has 1 heterocycles. The SMILES string of the molecule is Cc1cccc2c1OC1C2=CC=CC1N(c1ccccc1)c1ccc2c(c1)C(C)(C)c1cc3c(cc1-2)C(C)(C)c1cc2ccccc2cc1-3. The minimum Gasteiger partial charge on any atom is -0.482 e. The molecule has 0 amide bonds. The molecule has 3 aliphatic carbocycles. The maximum absolute atomic E-state index is 6.82. The zero-order valence-corrected chi connectivity index (χ0v) is 28.7. The summed E-state index contributed by atoms with van der Waals surface area (Å²) >= 11 is 0. The first-order valence-corrected chi connectivity index (χ1v) is 17.6. The monoisotopic (exact) mass is 633 g/mol. The molecule has 0 aromatic heterocycles. The van der Waals surface area contributed by atoms with Crippen molar-refractivity contribution in [2.24, 2.45) is 0 Å². The van der Waals surface area contributed by atoms with Gasteiger partial charge in [0.25, 0.3) is 0 Å². The van der Waals surface area contributed by atoms with Crippen molar-refractivity contribution in [1.29, 1.82) is 0 Å². The van der Waals surface area contributed by atoms with E-state index >= 15 is 0 Å². The largest absolute Gasteiger partial charge is 0.482 e. The van der Waals surface area contributed by atoms with Gasteiger partial charge in [0.2, 0.25) is 0 Å². The summed E-state index contributed by atoms with van der Waals surface area (Å²) in [6.45, 7) is 11.7. The second-order valence-corrected chi connectivity index (χ2v) is 15.4. The lowest BCUT2D eigenvalue weighted by Crippen LogP contribution is -2.42. The predicted octanol–water partition coefficient (Wildman–Crippen LogP) is 11.7. The molecule has 0 spiro atoms. The van der Waals surface area contributed by atoms with Gasteiger partial charge in [0.05, 0.1) is 6.04 Å². The summed E-state index contributed by atoms with van der Waals surface area (Å²) in [4.78, 5) is 2.49. The molecule has 10 rings (SSSR count). The van der Waals surface area contributed by atoms with Crippen LogP contribution in [0, 0.1) is 6.92 Å². The second-order valence-electron chi connectivity index (χ2n) is 15.4. The van der Waals surface area contributed by atoms with Crippen molar-refractivity contribution in [2.45, 2.75) is 57.6 Å². The van der Waals surface area contributed by atoms with E-state index < -0.39 is 0 Å². The van der Waals surface area contributed by atoms with Crippen LogP contribution >= 0.6 is 0 Å². The lowest BCUT2D eigenvalue weighted by Gasteiger charge is -2.37. The fraction of sp³-hybridized carbons (Fsp3) is 0.191. The summed E-state index contributed by atoms with van der Waals surface area (Å²) in [6.07, 6.45) is 6.66. The zero-order valence-electron chi connectivity index (χ0n) is 28.7. The molecular formula is C47H39NO. The molecule has 0 saturated heterocycles. The van der Waals surface area contributed by atoms with E-state index in [9.17, 15) is 0 Å². The lowest BCUT2D eigenvalue weighted by atomic mass is 9.79. The number of hydrogen-bond donors (Lipinski definition) is 0. The van der Waals surface area contributed by atoms with Crippen LogP contribution in [0.15, 0.2) is 133 Å². The zero-order chi connectivity index (χ0) is 33.2. The van der Waals surface area contributed by atoms with Crippen molar-refractivity contribution in [3.63, 3.8) is 0 Å². The summed E-state index contributed by atoms with van der Waals surface area (Å²) < 4.78 is 6.82. The number of allylic oxidation sites excluding steroid dienone is 2. The van der Waals surface area contributed by atoms with Crippen LogP contribution in [0.2, 0.25) is 0 Å². The van der Waals surface area contributed by atoms with Crippen LogP contribution in [0.25, 0.3) is 38.6 Å². The van der Waals surface area contributed by atoms with Gasteiger partial charge >= 0.3 is 0 Å². The first-order chi connectivity index (χ1) is 23.7. The Morgan fingerprint density at radius 2 is 1.18 bits per heavy atom. The van der Waals surface area contributed by atoms with Crippen molar-refractivity contribution in [1.82, 2.24) is 0 Å². The van der Waals surface area contributed by atoms with Gasteiger partial charge in [0.1, 0.15) is 11.9 Å². The minimum absolute atomic E-state index is 0.00457. The molecule has 49 heavy (non-hydrogen) atoms. The van der Waals surface area contributed by atoms with E-state index in [1.165, 1.54) is 77.7 Å². The fourth-order valence-electron chi connectivity index (χ4n) is 9.28. The summed E-state index contributed by atoms with van der Waals surface area (Å²) in [5, 5.41) is 2.62. The molecule has 2 unspecified atom stereocenters. The van der Waals surface area contributed by atoms with Crippen molar-refractivity contribution in [2.75, 3.05) is 4.90 Å². The Kier molecular flexibility index (Phi) is 5.76. The molecule has 6 aromatic carbocycles. The van der Waals surface area contributed by atoms with Gasteiger partial charge in [-0.1, -0.05) is 113 Å². The summed E-state index contributed by atoms with van der Waals surface area (Å²) in [5.74, 6) is 1.01. The van der Waals surface area contributed by atoms with Crippen LogP contribution in [0.1, 0.15) is 61.1 Å². The molecule has 0 fully saturated rings. The van der Waals surface area contributed by atoms with E-state index in [0.29, 0.717) is 0 Å². The van der Waals surface area contributed by atoms with Crippen molar-refractivity contribution < 1.29 is 4.74 Å². The Labute approximate surface area is 289 Å². The molecule has 2 heteroatoms. The van der Waals surface area contributed by atoms with Crippen LogP contribution in [-0.4, -0.2) is 12.1 Å². The third-order valence-corrected chi connectivity index (χ3v) is 11.9. The number of hydrogen-bond acceptors (Lipinski definition) is 2. The Morgan fingerprint density at radius 3 is 1.94 bits per heavy atom. The van der Waals surface area contributed by atoms with Crippen LogP contribution in [0.4, 0.5) is 11.4 Å². The van der Waals surface area contributed by atoms with E-state index in [-0.39, 0.29) is 23.0 Å². The fourth-order valence-corrected chi connectivity index (χ4v) is 9.28. The highest BCUT2D eigenvalue weighted by Crippen LogP contribution is 2.57. The van der Waals surface area contributed by atoms with Gasteiger partial charge in [-0.25, -0.2) is 0 Å². The molecule has 0 saturated carbocycles. The van der Waals surface area contributed by atoms with Gasteiger partial charge in [-0.3, -0.25) is 0 Å². The molecule has 0 radical (unpaired) electrons. The number of nitrogens with zero attached hydrogens (tertiary/aromatic N) is 1. The molecule has 2 nitrogen and oxygen atoms in total. The third kappa shape index (κ3) is 3.89. The van der Waals surface area contributed by atoms with Gasteiger partial charge in [-0.2, -0.15) is 0 Å². The highest BCUT2D eigenvalue weighted by atomic mass is 16.5. The molecule has 1 aliphatic heterocycles. The third-order valence-electron chi connectivity index (χ3n) is 11.9. The van der Waals surface area contributed by atoms with Crippen molar-refractivity contribution >= 4 is 27.7 Å². The van der Waals surface area contributed by atoms with E-state index in [0.717, 1.165) is 11.4 Å². The molecule has 238 valence electrons. The van der Waals surface area contributed by atoms with E-state index in [2.05, 4.69) is 173 Å². The maximum atomic E-state index is 6.82. The normalized spacial score (nSPS) is 19.7. The Morgan fingerprint density at radius 1 is 0.551 bits per heavy atom. The van der Waals surface area contributed by atoms with Crippen LogP contribution in [0.3, 0.4) is 0 Å². The number of aryl methyl sites for hydroxylation is 1. The van der Waals surface area contributed by atoms with Gasteiger partial charge in [-0.15, -0.1) is 0 Å². The van der Waals surface area contributed by atoms with Gasteiger partial charge in [0, 0.05) is 33.3 Å². The van der Waals surface area contributed by atoms with E-state index in [1.807, 2.05) is 0 Å². The summed E-state index contributed by atoms with van der Waals surface area (Å²) in [7, 11) is 0. The number of fused-ring (bicyclic) bond motifs is 10. The first-order valence-electron chi connectivity index (χ1n) is 17.6. The number of benzene rings is 6. The summed E-state index contributed by atoms with van der Waals surface area (Å²) in [6, 6.07) is 43.1. The molecule has 0 N–H and O–H groups in total. The molecule has 4 aliphatic rings. The average Bonchev–Trinajstić information content (AvgIpc) is 3.68. The Hall–Kier alpha value is -5.34. The first kappa shape index (κ1) is 28.7. The van der Waals surface area contributed by atoms with Crippen molar-refractivity contribution in [3.8, 4) is 28.0 Å². The Bertz CT molecular complexity index is 2440. The molecule has 2 atom stereocenters. The lowest BCUT2D eigenvalue weighted by molar-refractivity contribution is 0.257. The van der Waals surface area contributed by atoms with Crippen LogP contribution in [-0.2, 0) is 10.8 Å². The van der Waals surface area contributed by atoms with Crippen LogP contribution < -0.4 is 9.64 Å². The molecule has 6 aromatic rings. The van der Waals surface area contributed by atoms with Gasteiger partial charge in [-0.05, 0) is 116 Å². The smallest absolute Gasteiger partial charge is 0.149 e. The minimum atomic E-state index is -0.160. The van der Waals surface area contributed by atoms with Gasteiger partial charge < -0.3 is 9.64 Å². The molecule has 0 bridgehead atoms. The number of para-hydroxylation sites is 2. The highest BCUT2D eigenvalue weighted by molar-refractivity contribution is 5.96. The van der Waals surface area contributed by atoms with Crippen LogP contribution in [0.5, 0.6) is 5.75 Å². The van der Waals surface area contributed by atoms with Crippen molar-refractivity contribution in [3.05, 3.63) is 167 Å². The van der Waals surface area contributed by atoms with E-state index in [1.54, 1.807) is 0 Å². The summed E-state index contributed by atoms with van der Waals surface area (Å²) in [5.41, 5.74) is 16.9. The average molecular weight is 634 g/mol. The predicted molar refractivity (Wildman–Crippen MR) is 204 cm³/mol. The number of rotatable bonds is 3. The quantitative estimate of drug-likeness (QED) is 0.192. The van der Waals surface area contributed by atoms with Gasteiger partial charge in [0.15, 0.2) is 0 Å². The molecular weight excluding hydrogens is 595 g/mol. The number of ether oxygens (including phenoxy) is 1. The number of anilines is 2. The highest BCUT2D eigenvalue weighted by Gasteiger charge is 2.43. The topological polar surface area (TPSA) is 12.5 Å². The Balaban J connectivity index is 1.10. The second kappa shape index (κ2) is 9.86.